The van der Waals surface area contributed by atoms with Gasteiger partial charge in [-0.15, -0.1) is 0 Å². The number of benzene rings is 1. The van der Waals surface area contributed by atoms with Crippen LogP contribution in [0.1, 0.15) is 34.9 Å². The summed E-state index contributed by atoms with van der Waals surface area (Å²) in [5.41, 5.74) is 0.319. The first-order valence-electron chi connectivity index (χ1n) is 6.52. The summed E-state index contributed by atoms with van der Waals surface area (Å²) in [5.74, 6) is 0.588. The van der Waals surface area contributed by atoms with Gasteiger partial charge in [0.15, 0.2) is 16.8 Å². The van der Waals surface area contributed by atoms with Gasteiger partial charge in [-0.2, -0.15) is 0 Å². The van der Waals surface area contributed by atoms with Crippen molar-refractivity contribution in [2.24, 2.45) is 0 Å². The average molecular weight is 270 g/mol. The standard InChI is InChI=1S/C16H14O4/c1-19-16(18)14-12(17)9-13(10-7-8-10)20-15(14)11-5-3-2-4-6-11/h2-6,9-10H,7-8H2,1H3. The Morgan fingerprint density at radius 3 is 2.55 bits per heavy atom. The second kappa shape index (κ2) is 4.96. The van der Waals surface area contributed by atoms with E-state index in [1.54, 1.807) is 12.1 Å². The monoisotopic (exact) mass is 270 g/mol. The second-order valence-corrected chi connectivity index (χ2v) is 4.85. The molecule has 1 aliphatic carbocycles. The van der Waals surface area contributed by atoms with Gasteiger partial charge in [-0.1, -0.05) is 30.3 Å². The molecule has 1 fully saturated rings. The Morgan fingerprint density at radius 1 is 1.25 bits per heavy atom. The van der Waals surface area contributed by atoms with Crippen LogP contribution >= 0.6 is 0 Å². The van der Waals surface area contributed by atoms with E-state index >= 15 is 0 Å². The highest BCUT2D eigenvalue weighted by molar-refractivity contribution is 5.95. The fraction of sp³-hybridized carbons (Fsp3) is 0.250. The van der Waals surface area contributed by atoms with E-state index < -0.39 is 5.97 Å². The lowest BCUT2D eigenvalue weighted by atomic mass is 10.1. The largest absolute Gasteiger partial charge is 0.465 e. The van der Waals surface area contributed by atoms with Crippen LogP contribution in [0.5, 0.6) is 0 Å². The summed E-state index contributed by atoms with van der Waals surface area (Å²) in [4.78, 5) is 24.0. The lowest BCUT2D eigenvalue weighted by molar-refractivity contribution is 0.0597. The molecule has 1 aliphatic rings. The maximum Gasteiger partial charge on any atom is 0.345 e. The number of esters is 1. The molecule has 3 rings (SSSR count). The normalized spacial score (nSPS) is 14.1. The molecule has 0 amide bonds. The van der Waals surface area contributed by atoms with Crippen molar-refractivity contribution in [3.05, 3.63) is 57.9 Å². The molecule has 2 aromatic rings. The van der Waals surface area contributed by atoms with Crippen molar-refractivity contribution in [1.29, 1.82) is 0 Å². The number of carbonyl (C=O) groups is 1. The van der Waals surface area contributed by atoms with Gasteiger partial charge < -0.3 is 9.15 Å². The number of hydrogen-bond donors (Lipinski definition) is 0. The van der Waals surface area contributed by atoms with Crippen LogP contribution in [0.4, 0.5) is 0 Å². The third-order valence-corrected chi connectivity index (χ3v) is 3.37. The minimum atomic E-state index is -0.667. The smallest absolute Gasteiger partial charge is 0.345 e. The van der Waals surface area contributed by atoms with Crippen LogP contribution in [0, 0.1) is 0 Å². The summed E-state index contributed by atoms with van der Waals surface area (Å²) in [6, 6.07) is 10.6. The number of carbonyl (C=O) groups excluding carboxylic acids is 1. The topological polar surface area (TPSA) is 56.5 Å². The SMILES string of the molecule is COC(=O)c1c(-c2ccccc2)oc(C2CC2)cc1=O. The molecule has 4 heteroatoms. The zero-order chi connectivity index (χ0) is 14.1. The fourth-order valence-corrected chi connectivity index (χ4v) is 2.17. The Hall–Kier alpha value is -2.36. The van der Waals surface area contributed by atoms with E-state index in [1.807, 2.05) is 18.2 Å². The van der Waals surface area contributed by atoms with E-state index in [0.29, 0.717) is 23.0 Å². The summed E-state index contributed by atoms with van der Waals surface area (Å²) in [7, 11) is 1.26. The zero-order valence-electron chi connectivity index (χ0n) is 11.1. The van der Waals surface area contributed by atoms with Gasteiger partial charge in [0.2, 0.25) is 0 Å². The van der Waals surface area contributed by atoms with Crippen molar-refractivity contribution in [2.45, 2.75) is 18.8 Å². The van der Waals surface area contributed by atoms with Crippen LogP contribution in [0.2, 0.25) is 0 Å². The molecular weight excluding hydrogens is 256 g/mol. The van der Waals surface area contributed by atoms with Crippen molar-refractivity contribution in [1.82, 2.24) is 0 Å². The molecule has 1 heterocycles. The Morgan fingerprint density at radius 2 is 1.95 bits per heavy atom. The van der Waals surface area contributed by atoms with Gasteiger partial charge in [-0.25, -0.2) is 4.79 Å². The third kappa shape index (κ3) is 2.25. The van der Waals surface area contributed by atoms with Gasteiger partial charge in [-0.05, 0) is 12.8 Å². The van der Waals surface area contributed by atoms with Crippen LogP contribution in [-0.4, -0.2) is 13.1 Å². The molecule has 20 heavy (non-hydrogen) atoms. The molecule has 4 nitrogen and oxygen atoms in total. The molecule has 102 valence electrons. The summed E-state index contributed by atoms with van der Waals surface area (Å²) in [6.45, 7) is 0. The van der Waals surface area contributed by atoms with E-state index in [1.165, 1.54) is 13.2 Å². The van der Waals surface area contributed by atoms with Crippen LogP contribution in [0.25, 0.3) is 11.3 Å². The molecule has 0 atom stereocenters. The first-order chi connectivity index (χ1) is 9.70. The van der Waals surface area contributed by atoms with Gasteiger partial charge in [0.25, 0.3) is 0 Å². The van der Waals surface area contributed by atoms with Crippen LogP contribution in [-0.2, 0) is 4.74 Å². The van der Waals surface area contributed by atoms with Crippen molar-refractivity contribution in [3.8, 4) is 11.3 Å². The molecule has 0 bridgehead atoms. The van der Waals surface area contributed by atoms with Crippen molar-refractivity contribution < 1.29 is 13.9 Å². The predicted molar refractivity (Wildman–Crippen MR) is 73.7 cm³/mol. The van der Waals surface area contributed by atoms with Gasteiger partial charge in [-0.3, -0.25) is 4.79 Å². The lowest BCUT2D eigenvalue weighted by Crippen LogP contribution is -2.18. The maximum absolute atomic E-state index is 12.2. The maximum atomic E-state index is 12.2. The van der Waals surface area contributed by atoms with Crippen molar-refractivity contribution in [2.75, 3.05) is 7.11 Å². The second-order valence-electron chi connectivity index (χ2n) is 4.85. The highest BCUT2D eigenvalue weighted by atomic mass is 16.5. The van der Waals surface area contributed by atoms with E-state index in [2.05, 4.69) is 0 Å². The van der Waals surface area contributed by atoms with Gasteiger partial charge >= 0.3 is 5.97 Å². The summed E-state index contributed by atoms with van der Waals surface area (Å²) in [6.07, 6.45) is 2.05. The minimum absolute atomic E-state index is 0.0388. The molecule has 0 unspecified atom stereocenters. The number of hydrogen-bond acceptors (Lipinski definition) is 4. The highest BCUT2D eigenvalue weighted by Gasteiger charge is 2.29. The molecule has 1 aromatic heterocycles. The molecule has 0 radical (unpaired) electrons. The fourth-order valence-electron chi connectivity index (χ4n) is 2.17. The number of methoxy groups -OCH3 is 1. The summed E-state index contributed by atoms with van der Waals surface area (Å²) >= 11 is 0. The molecule has 0 spiro atoms. The predicted octanol–water partition coefficient (Wildman–Crippen LogP) is 2.97. The lowest BCUT2D eigenvalue weighted by Gasteiger charge is -2.08. The van der Waals surface area contributed by atoms with Crippen molar-refractivity contribution in [3.63, 3.8) is 0 Å². The number of rotatable bonds is 3. The van der Waals surface area contributed by atoms with E-state index in [0.717, 1.165) is 12.8 Å². The first kappa shape index (κ1) is 12.7. The average Bonchev–Trinajstić information content (AvgIpc) is 3.31. The van der Waals surface area contributed by atoms with Crippen LogP contribution in [0.3, 0.4) is 0 Å². The van der Waals surface area contributed by atoms with E-state index in [9.17, 15) is 9.59 Å². The van der Waals surface area contributed by atoms with Crippen LogP contribution < -0.4 is 5.43 Å². The minimum Gasteiger partial charge on any atom is -0.465 e. The van der Waals surface area contributed by atoms with Gasteiger partial charge in [0.05, 0.1) is 7.11 Å². The summed E-state index contributed by atoms with van der Waals surface area (Å²) in [5, 5.41) is 0. The molecule has 0 saturated heterocycles. The van der Waals surface area contributed by atoms with E-state index in [4.69, 9.17) is 9.15 Å². The first-order valence-corrected chi connectivity index (χ1v) is 6.52. The quantitative estimate of drug-likeness (QED) is 0.804. The molecule has 1 saturated carbocycles. The van der Waals surface area contributed by atoms with Crippen LogP contribution in [0.15, 0.2) is 45.6 Å². The summed E-state index contributed by atoms with van der Waals surface area (Å²) < 4.78 is 10.5. The van der Waals surface area contributed by atoms with Gasteiger partial charge in [0.1, 0.15) is 5.76 Å². The molecular formula is C16H14O4. The van der Waals surface area contributed by atoms with E-state index in [-0.39, 0.29) is 11.0 Å². The Balaban J connectivity index is 2.23. The Kier molecular flexibility index (Phi) is 3.14. The highest BCUT2D eigenvalue weighted by Crippen LogP contribution is 2.41. The molecule has 0 N–H and O–H groups in total. The third-order valence-electron chi connectivity index (χ3n) is 3.37. The van der Waals surface area contributed by atoms with Crippen molar-refractivity contribution >= 4 is 5.97 Å². The Bertz CT molecular complexity index is 696. The molecule has 1 aromatic carbocycles. The molecule has 0 aliphatic heterocycles. The Labute approximate surface area is 116 Å². The zero-order valence-corrected chi connectivity index (χ0v) is 11.1. The van der Waals surface area contributed by atoms with Gasteiger partial charge in [0, 0.05) is 17.5 Å². The number of ether oxygens (including phenoxy) is 1.